The summed E-state index contributed by atoms with van der Waals surface area (Å²) in [5.74, 6) is -1.05. The highest BCUT2D eigenvalue weighted by Crippen LogP contribution is 2.16. The van der Waals surface area contributed by atoms with E-state index in [9.17, 15) is 9.59 Å². The number of hydrogen-bond donors (Lipinski definition) is 1. The fourth-order valence-electron chi connectivity index (χ4n) is 1.69. The van der Waals surface area contributed by atoms with Gasteiger partial charge in [0.15, 0.2) is 0 Å². The molecule has 1 aromatic rings. The number of aromatic nitrogens is 1. The van der Waals surface area contributed by atoms with Gasteiger partial charge in [0.1, 0.15) is 5.69 Å². The second-order valence-electron chi connectivity index (χ2n) is 4.39. The van der Waals surface area contributed by atoms with Crippen LogP contribution in [0.15, 0.2) is 16.7 Å². The Bertz CT molecular complexity index is 454. The molecule has 100 valence electrons. The van der Waals surface area contributed by atoms with Crippen molar-refractivity contribution in [1.82, 2.24) is 9.47 Å². The standard InChI is InChI=1S/C12H17BrN2O3/c1-8(2)15(5-4-11(16)17)12(18)10-6-9(13)7-14(10)3/h6-8H,4-5H2,1-3H3,(H,16,17). The zero-order valence-corrected chi connectivity index (χ0v) is 12.3. The van der Waals surface area contributed by atoms with Gasteiger partial charge in [0.25, 0.3) is 5.91 Å². The third-order valence-electron chi connectivity index (χ3n) is 2.64. The minimum Gasteiger partial charge on any atom is -0.481 e. The van der Waals surface area contributed by atoms with Gasteiger partial charge in [-0.2, -0.15) is 0 Å². The van der Waals surface area contributed by atoms with E-state index in [2.05, 4.69) is 15.9 Å². The fourth-order valence-corrected chi connectivity index (χ4v) is 2.22. The Labute approximate surface area is 115 Å². The lowest BCUT2D eigenvalue weighted by atomic mass is 10.2. The Morgan fingerprint density at radius 1 is 1.50 bits per heavy atom. The van der Waals surface area contributed by atoms with Crippen LogP contribution in [0.5, 0.6) is 0 Å². The first-order valence-corrected chi connectivity index (χ1v) is 6.47. The van der Waals surface area contributed by atoms with E-state index in [1.807, 2.05) is 13.8 Å². The van der Waals surface area contributed by atoms with Crippen molar-refractivity contribution in [3.8, 4) is 0 Å². The molecule has 0 fully saturated rings. The zero-order chi connectivity index (χ0) is 13.9. The minimum atomic E-state index is -0.901. The van der Waals surface area contributed by atoms with Crippen molar-refractivity contribution >= 4 is 27.8 Å². The van der Waals surface area contributed by atoms with Gasteiger partial charge in [-0.15, -0.1) is 0 Å². The number of carboxylic acids is 1. The third-order valence-corrected chi connectivity index (χ3v) is 3.08. The van der Waals surface area contributed by atoms with Gasteiger partial charge < -0.3 is 14.6 Å². The molecule has 0 saturated carbocycles. The van der Waals surface area contributed by atoms with Crippen LogP contribution in [0.25, 0.3) is 0 Å². The Balaban J connectivity index is 2.89. The van der Waals surface area contributed by atoms with E-state index in [1.165, 1.54) is 0 Å². The Morgan fingerprint density at radius 3 is 2.50 bits per heavy atom. The van der Waals surface area contributed by atoms with Crippen molar-refractivity contribution in [1.29, 1.82) is 0 Å². The molecule has 1 rings (SSSR count). The molecule has 0 aliphatic heterocycles. The molecule has 0 unspecified atom stereocenters. The highest BCUT2D eigenvalue weighted by molar-refractivity contribution is 9.10. The molecule has 0 aromatic carbocycles. The maximum absolute atomic E-state index is 12.3. The predicted molar refractivity (Wildman–Crippen MR) is 71.5 cm³/mol. The number of nitrogens with zero attached hydrogens (tertiary/aromatic N) is 2. The molecule has 1 heterocycles. The van der Waals surface area contributed by atoms with Gasteiger partial charge in [-0.3, -0.25) is 9.59 Å². The molecule has 0 aliphatic rings. The molecule has 1 N–H and O–H groups in total. The van der Waals surface area contributed by atoms with Crippen LogP contribution in [0.4, 0.5) is 0 Å². The fraction of sp³-hybridized carbons (Fsp3) is 0.500. The van der Waals surface area contributed by atoms with Crippen LogP contribution >= 0.6 is 15.9 Å². The van der Waals surface area contributed by atoms with E-state index in [4.69, 9.17) is 5.11 Å². The average molecular weight is 317 g/mol. The molecular weight excluding hydrogens is 300 g/mol. The van der Waals surface area contributed by atoms with Crippen LogP contribution < -0.4 is 0 Å². The lowest BCUT2D eigenvalue weighted by Gasteiger charge is -2.26. The molecular formula is C12H17BrN2O3. The summed E-state index contributed by atoms with van der Waals surface area (Å²) in [5.41, 5.74) is 0.543. The molecule has 1 aromatic heterocycles. The van der Waals surface area contributed by atoms with Crippen molar-refractivity contribution in [2.75, 3.05) is 6.54 Å². The van der Waals surface area contributed by atoms with E-state index < -0.39 is 5.97 Å². The first kappa shape index (κ1) is 14.8. The average Bonchev–Trinajstić information content (AvgIpc) is 2.56. The van der Waals surface area contributed by atoms with Gasteiger partial charge >= 0.3 is 5.97 Å². The molecule has 0 aliphatic carbocycles. The maximum atomic E-state index is 12.3. The summed E-state index contributed by atoms with van der Waals surface area (Å²) in [7, 11) is 1.79. The van der Waals surface area contributed by atoms with Gasteiger partial charge in [-0.25, -0.2) is 0 Å². The topological polar surface area (TPSA) is 62.5 Å². The van der Waals surface area contributed by atoms with Crippen molar-refractivity contribution in [3.05, 3.63) is 22.4 Å². The lowest BCUT2D eigenvalue weighted by molar-refractivity contribution is -0.137. The second-order valence-corrected chi connectivity index (χ2v) is 5.31. The molecule has 0 saturated heterocycles. The van der Waals surface area contributed by atoms with E-state index in [-0.39, 0.29) is 24.9 Å². The number of amides is 1. The SMILES string of the molecule is CC(C)N(CCC(=O)O)C(=O)c1cc(Br)cn1C. The Kier molecular flexibility index (Phi) is 4.95. The smallest absolute Gasteiger partial charge is 0.305 e. The van der Waals surface area contributed by atoms with Gasteiger partial charge in [0.2, 0.25) is 0 Å². The van der Waals surface area contributed by atoms with Crippen molar-refractivity contribution in [3.63, 3.8) is 0 Å². The van der Waals surface area contributed by atoms with Crippen molar-refractivity contribution in [2.24, 2.45) is 7.05 Å². The number of carboxylic acid groups (broad SMARTS) is 1. The number of carbonyl (C=O) groups excluding carboxylic acids is 1. The summed E-state index contributed by atoms with van der Waals surface area (Å²) in [5, 5.41) is 8.70. The third kappa shape index (κ3) is 3.60. The minimum absolute atomic E-state index is 0.0366. The number of rotatable bonds is 5. The number of halogens is 1. The van der Waals surface area contributed by atoms with Crippen LogP contribution in [0.1, 0.15) is 30.8 Å². The Hall–Kier alpha value is -1.30. The van der Waals surface area contributed by atoms with Crippen LogP contribution in [-0.4, -0.2) is 39.0 Å². The summed E-state index contributed by atoms with van der Waals surface area (Å²) in [6.45, 7) is 3.96. The first-order chi connectivity index (χ1) is 8.32. The highest BCUT2D eigenvalue weighted by atomic mass is 79.9. The van der Waals surface area contributed by atoms with Gasteiger partial charge in [0, 0.05) is 30.3 Å². The monoisotopic (exact) mass is 316 g/mol. The summed E-state index contributed by atoms with van der Waals surface area (Å²) >= 11 is 3.31. The summed E-state index contributed by atoms with van der Waals surface area (Å²) in [6.07, 6.45) is 1.75. The molecule has 1 amide bonds. The van der Waals surface area contributed by atoms with E-state index in [1.54, 1.807) is 28.8 Å². The zero-order valence-electron chi connectivity index (χ0n) is 10.7. The van der Waals surface area contributed by atoms with Crippen molar-refractivity contribution < 1.29 is 14.7 Å². The van der Waals surface area contributed by atoms with Crippen LogP contribution in [-0.2, 0) is 11.8 Å². The van der Waals surface area contributed by atoms with Gasteiger partial charge in [-0.05, 0) is 35.8 Å². The van der Waals surface area contributed by atoms with E-state index in [0.29, 0.717) is 5.69 Å². The highest BCUT2D eigenvalue weighted by Gasteiger charge is 2.22. The summed E-state index contributed by atoms with van der Waals surface area (Å²) < 4.78 is 2.55. The summed E-state index contributed by atoms with van der Waals surface area (Å²) in [6, 6.07) is 1.70. The van der Waals surface area contributed by atoms with Crippen LogP contribution in [0.3, 0.4) is 0 Å². The molecule has 0 atom stereocenters. The number of hydrogen-bond acceptors (Lipinski definition) is 2. The molecule has 5 nitrogen and oxygen atoms in total. The molecule has 0 bridgehead atoms. The second kappa shape index (κ2) is 6.04. The normalized spacial score (nSPS) is 10.7. The maximum Gasteiger partial charge on any atom is 0.305 e. The van der Waals surface area contributed by atoms with Crippen molar-refractivity contribution in [2.45, 2.75) is 26.3 Å². The first-order valence-electron chi connectivity index (χ1n) is 5.67. The molecule has 0 radical (unpaired) electrons. The van der Waals surface area contributed by atoms with E-state index in [0.717, 1.165) is 4.47 Å². The molecule has 6 heteroatoms. The summed E-state index contributed by atoms with van der Waals surface area (Å²) in [4.78, 5) is 24.5. The van der Waals surface area contributed by atoms with Crippen LogP contribution in [0, 0.1) is 0 Å². The van der Waals surface area contributed by atoms with Gasteiger partial charge in [-0.1, -0.05) is 0 Å². The quantitative estimate of drug-likeness (QED) is 0.905. The Morgan fingerprint density at radius 2 is 2.11 bits per heavy atom. The lowest BCUT2D eigenvalue weighted by Crippen LogP contribution is -2.39. The molecule has 0 spiro atoms. The number of aliphatic carboxylic acids is 1. The van der Waals surface area contributed by atoms with Gasteiger partial charge in [0.05, 0.1) is 6.42 Å². The number of aryl methyl sites for hydroxylation is 1. The predicted octanol–water partition coefficient (Wildman–Crippen LogP) is 2.11. The van der Waals surface area contributed by atoms with Crippen LogP contribution in [0.2, 0.25) is 0 Å². The number of carbonyl (C=O) groups is 2. The van der Waals surface area contributed by atoms with E-state index >= 15 is 0 Å². The molecule has 18 heavy (non-hydrogen) atoms. The largest absolute Gasteiger partial charge is 0.481 e.